The molecule has 5 heteroatoms. The van der Waals surface area contributed by atoms with Gasteiger partial charge < -0.3 is 4.90 Å². The molecule has 3 heterocycles. The maximum atomic E-state index is 12.2. The molecule has 0 spiro atoms. The number of carbonyl (C=O) groups is 1. The van der Waals surface area contributed by atoms with Gasteiger partial charge in [0, 0.05) is 22.8 Å². The van der Waals surface area contributed by atoms with Crippen LogP contribution in [0.1, 0.15) is 28.6 Å². The lowest BCUT2D eigenvalue weighted by atomic mass is 10.2. The van der Waals surface area contributed by atoms with Crippen molar-refractivity contribution in [1.29, 1.82) is 0 Å². The van der Waals surface area contributed by atoms with Crippen molar-refractivity contribution >= 4 is 28.6 Å². The van der Waals surface area contributed by atoms with Crippen molar-refractivity contribution < 1.29 is 4.79 Å². The van der Waals surface area contributed by atoms with E-state index in [1.54, 1.807) is 22.7 Å². The summed E-state index contributed by atoms with van der Waals surface area (Å²) >= 11 is 3.46. The average Bonchev–Trinajstić information content (AvgIpc) is 3.22. The number of amides is 1. The molecule has 0 saturated carbocycles. The molecule has 1 aliphatic rings. The second-order valence-electron chi connectivity index (χ2n) is 4.93. The van der Waals surface area contributed by atoms with E-state index in [0.29, 0.717) is 6.54 Å². The zero-order chi connectivity index (χ0) is 13.8. The summed E-state index contributed by atoms with van der Waals surface area (Å²) in [7, 11) is 0. The van der Waals surface area contributed by atoms with Crippen LogP contribution in [-0.2, 0) is 4.79 Å². The Morgan fingerprint density at radius 3 is 2.25 bits per heavy atom. The van der Waals surface area contributed by atoms with Gasteiger partial charge in [-0.2, -0.15) is 0 Å². The van der Waals surface area contributed by atoms with Gasteiger partial charge in [-0.1, -0.05) is 12.1 Å². The van der Waals surface area contributed by atoms with E-state index < -0.39 is 0 Å². The van der Waals surface area contributed by atoms with Crippen LogP contribution >= 0.6 is 22.7 Å². The predicted octanol–water partition coefficient (Wildman–Crippen LogP) is 3.11. The average molecular weight is 306 g/mol. The lowest BCUT2D eigenvalue weighted by molar-refractivity contribution is -0.129. The Balaban J connectivity index is 1.66. The highest BCUT2D eigenvalue weighted by Gasteiger charge is 2.21. The summed E-state index contributed by atoms with van der Waals surface area (Å²) in [4.78, 5) is 16.7. The van der Waals surface area contributed by atoms with E-state index in [4.69, 9.17) is 0 Å². The number of thiophene rings is 2. The van der Waals surface area contributed by atoms with Crippen molar-refractivity contribution in [3.63, 3.8) is 0 Å². The predicted molar refractivity (Wildman–Crippen MR) is 84.3 cm³/mol. The van der Waals surface area contributed by atoms with Crippen LogP contribution in [0.2, 0.25) is 0 Å². The molecule has 1 saturated heterocycles. The van der Waals surface area contributed by atoms with Crippen LogP contribution in [0.4, 0.5) is 0 Å². The number of rotatable bonds is 5. The normalized spacial score (nSPS) is 15.2. The number of likely N-dealkylation sites (tertiary alicyclic amines) is 1. The summed E-state index contributed by atoms with van der Waals surface area (Å²) < 4.78 is 0. The van der Waals surface area contributed by atoms with Crippen molar-refractivity contribution in [1.82, 2.24) is 10.2 Å². The Hall–Kier alpha value is -1.17. The van der Waals surface area contributed by atoms with Crippen LogP contribution < -0.4 is 5.32 Å². The molecule has 1 N–H and O–H groups in total. The summed E-state index contributed by atoms with van der Waals surface area (Å²) in [5, 5.41) is 7.60. The van der Waals surface area contributed by atoms with Crippen LogP contribution in [0.3, 0.4) is 0 Å². The smallest absolute Gasteiger partial charge is 0.236 e. The van der Waals surface area contributed by atoms with Crippen LogP contribution in [0.15, 0.2) is 35.0 Å². The molecule has 3 rings (SSSR count). The first-order chi connectivity index (χ1) is 9.84. The van der Waals surface area contributed by atoms with Gasteiger partial charge in [-0.15, -0.1) is 22.7 Å². The number of carbonyl (C=O) groups excluding carboxylic acids is 1. The van der Waals surface area contributed by atoms with E-state index in [2.05, 4.69) is 40.3 Å². The number of hydrogen-bond donors (Lipinski definition) is 1. The Bertz CT molecular complexity index is 496. The largest absolute Gasteiger partial charge is 0.342 e. The molecule has 1 aliphatic heterocycles. The monoisotopic (exact) mass is 306 g/mol. The SMILES string of the molecule is O=C(CNC(c1cccs1)c1cccs1)N1CCCC1. The molecule has 0 aromatic carbocycles. The van der Waals surface area contributed by atoms with Crippen LogP contribution in [-0.4, -0.2) is 30.4 Å². The minimum absolute atomic E-state index is 0.140. The number of nitrogens with one attached hydrogen (secondary N) is 1. The summed E-state index contributed by atoms with van der Waals surface area (Å²) in [5.41, 5.74) is 0. The fraction of sp³-hybridized carbons (Fsp3) is 0.400. The van der Waals surface area contributed by atoms with Crippen molar-refractivity contribution in [2.45, 2.75) is 18.9 Å². The van der Waals surface area contributed by atoms with Gasteiger partial charge in [0.25, 0.3) is 0 Å². The zero-order valence-electron chi connectivity index (χ0n) is 11.2. The van der Waals surface area contributed by atoms with Gasteiger partial charge in [0.05, 0.1) is 12.6 Å². The lowest BCUT2D eigenvalue weighted by Gasteiger charge is -2.19. The molecule has 106 valence electrons. The summed E-state index contributed by atoms with van der Waals surface area (Å²) in [6.45, 7) is 2.26. The third-order valence-corrected chi connectivity index (χ3v) is 5.45. The van der Waals surface area contributed by atoms with Crippen molar-refractivity contribution in [2.75, 3.05) is 19.6 Å². The van der Waals surface area contributed by atoms with Crippen LogP contribution in [0, 0.1) is 0 Å². The summed E-state index contributed by atoms with van der Waals surface area (Å²) in [6, 6.07) is 8.52. The molecule has 2 aromatic rings. The Labute approximate surface area is 127 Å². The van der Waals surface area contributed by atoms with Gasteiger partial charge in [0.15, 0.2) is 0 Å². The van der Waals surface area contributed by atoms with E-state index >= 15 is 0 Å². The van der Waals surface area contributed by atoms with E-state index in [0.717, 1.165) is 25.9 Å². The molecule has 20 heavy (non-hydrogen) atoms. The third kappa shape index (κ3) is 3.11. The first kappa shape index (κ1) is 13.8. The van der Waals surface area contributed by atoms with Gasteiger partial charge in [0.2, 0.25) is 5.91 Å². The van der Waals surface area contributed by atoms with E-state index in [1.165, 1.54) is 9.75 Å². The molecule has 1 fully saturated rings. The second kappa shape index (κ2) is 6.52. The Kier molecular flexibility index (Phi) is 4.50. The maximum absolute atomic E-state index is 12.2. The van der Waals surface area contributed by atoms with E-state index in [1.807, 2.05) is 4.90 Å². The second-order valence-corrected chi connectivity index (χ2v) is 6.89. The minimum Gasteiger partial charge on any atom is -0.342 e. The number of nitrogens with zero attached hydrogens (tertiary/aromatic N) is 1. The lowest BCUT2D eigenvalue weighted by Crippen LogP contribution is -2.37. The summed E-state index contributed by atoms with van der Waals surface area (Å²) in [5.74, 6) is 0.223. The molecule has 3 nitrogen and oxygen atoms in total. The molecular formula is C15H18N2OS2. The van der Waals surface area contributed by atoms with E-state index in [9.17, 15) is 4.79 Å². The van der Waals surface area contributed by atoms with Crippen molar-refractivity contribution in [2.24, 2.45) is 0 Å². The molecule has 0 radical (unpaired) electrons. The van der Waals surface area contributed by atoms with Crippen molar-refractivity contribution in [3.05, 3.63) is 44.8 Å². The highest BCUT2D eigenvalue weighted by atomic mass is 32.1. The fourth-order valence-electron chi connectivity index (χ4n) is 2.52. The maximum Gasteiger partial charge on any atom is 0.236 e. The highest BCUT2D eigenvalue weighted by molar-refractivity contribution is 7.11. The molecule has 0 aliphatic carbocycles. The Morgan fingerprint density at radius 2 is 1.75 bits per heavy atom. The quantitative estimate of drug-likeness (QED) is 0.920. The zero-order valence-corrected chi connectivity index (χ0v) is 12.9. The molecule has 2 aromatic heterocycles. The first-order valence-corrected chi connectivity index (χ1v) is 8.68. The van der Waals surface area contributed by atoms with Gasteiger partial charge in [-0.05, 0) is 35.7 Å². The molecule has 0 atom stereocenters. The Morgan fingerprint density at radius 1 is 1.15 bits per heavy atom. The van der Waals surface area contributed by atoms with Crippen LogP contribution in [0.5, 0.6) is 0 Å². The summed E-state index contributed by atoms with van der Waals surface area (Å²) in [6.07, 6.45) is 2.29. The molecular weight excluding hydrogens is 288 g/mol. The van der Waals surface area contributed by atoms with Crippen LogP contribution in [0.25, 0.3) is 0 Å². The minimum atomic E-state index is 0.140. The first-order valence-electron chi connectivity index (χ1n) is 6.92. The van der Waals surface area contributed by atoms with Gasteiger partial charge in [0.1, 0.15) is 0 Å². The van der Waals surface area contributed by atoms with Crippen molar-refractivity contribution in [3.8, 4) is 0 Å². The standard InChI is InChI=1S/C15H18N2OS2/c18-14(17-7-1-2-8-17)11-16-15(12-5-3-9-19-12)13-6-4-10-20-13/h3-6,9-10,15-16H,1-2,7-8,11H2. The fourth-order valence-corrected chi connectivity index (χ4v) is 4.23. The van der Waals surface area contributed by atoms with Gasteiger partial charge >= 0.3 is 0 Å². The third-order valence-electron chi connectivity index (χ3n) is 3.57. The van der Waals surface area contributed by atoms with Gasteiger partial charge in [-0.25, -0.2) is 0 Å². The number of hydrogen-bond acceptors (Lipinski definition) is 4. The molecule has 0 unspecified atom stereocenters. The van der Waals surface area contributed by atoms with E-state index in [-0.39, 0.29) is 11.9 Å². The molecule has 1 amide bonds. The highest BCUT2D eigenvalue weighted by Crippen LogP contribution is 2.28. The molecule has 0 bridgehead atoms. The van der Waals surface area contributed by atoms with Gasteiger partial charge in [-0.3, -0.25) is 10.1 Å². The topological polar surface area (TPSA) is 32.3 Å².